The first-order valence-electron chi connectivity index (χ1n) is 12.3. The molecule has 0 aromatic carbocycles. The summed E-state index contributed by atoms with van der Waals surface area (Å²) >= 11 is 0. The Morgan fingerprint density at radius 3 is 2.57 bits per heavy atom. The second kappa shape index (κ2) is 7.60. The van der Waals surface area contributed by atoms with Crippen LogP contribution in [0.3, 0.4) is 0 Å². The fraction of sp³-hybridized carbons (Fsp3) is 0.852. The normalized spacial score (nSPS) is 46.1. The Morgan fingerprint density at radius 2 is 1.82 bits per heavy atom. The average molecular weight is 385 g/mol. The van der Waals surface area contributed by atoms with Crippen molar-refractivity contribution in [3.05, 3.63) is 23.3 Å². The molecule has 158 valence electrons. The SMILES string of the molecule is CC(C)=CCCC(C)[C@H]1CC[C@@H]2C3=CC[C@@H]4C[C@@H](O)CC[C@]4(C)C3CC[C@@]21C. The number of hydrogen-bond acceptors (Lipinski definition) is 1. The van der Waals surface area contributed by atoms with Crippen LogP contribution in [0, 0.1) is 40.4 Å². The minimum absolute atomic E-state index is 0.0422. The maximum atomic E-state index is 10.2. The van der Waals surface area contributed by atoms with Gasteiger partial charge in [0.05, 0.1) is 6.10 Å². The molecule has 1 heteroatoms. The van der Waals surface area contributed by atoms with Crippen molar-refractivity contribution in [2.24, 2.45) is 40.4 Å². The van der Waals surface area contributed by atoms with Crippen LogP contribution >= 0.6 is 0 Å². The number of allylic oxidation sites excluding steroid dienone is 4. The molecule has 0 aliphatic heterocycles. The summed E-state index contributed by atoms with van der Waals surface area (Å²) in [6.45, 7) is 12.2. The Hall–Kier alpha value is -0.560. The summed E-state index contributed by atoms with van der Waals surface area (Å²) in [5.74, 6) is 4.11. The Bertz CT molecular complexity index is 641. The summed E-state index contributed by atoms with van der Waals surface area (Å²) in [6, 6.07) is 0. The molecule has 0 saturated heterocycles. The van der Waals surface area contributed by atoms with Crippen LogP contribution in [0.15, 0.2) is 23.3 Å². The third-order valence-corrected chi connectivity index (χ3v) is 9.99. The van der Waals surface area contributed by atoms with Gasteiger partial charge in [-0.05, 0) is 118 Å². The van der Waals surface area contributed by atoms with Gasteiger partial charge in [-0.3, -0.25) is 0 Å². The van der Waals surface area contributed by atoms with Crippen molar-refractivity contribution in [1.29, 1.82) is 0 Å². The molecule has 0 spiro atoms. The molecule has 28 heavy (non-hydrogen) atoms. The zero-order valence-electron chi connectivity index (χ0n) is 19.1. The monoisotopic (exact) mass is 384 g/mol. The molecule has 0 aromatic rings. The van der Waals surface area contributed by atoms with Crippen LogP contribution in [0.2, 0.25) is 0 Å². The van der Waals surface area contributed by atoms with E-state index in [4.69, 9.17) is 0 Å². The minimum atomic E-state index is -0.0422. The van der Waals surface area contributed by atoms with E-state index in [1.54, 1.807) is 0 Å². The van der Waals surface area contributed by atoms with E-state index in [-0.39, 0.29) is 6.10 Å². The van der Waals surface area contributed by atoms with Crippen LogP contribution in [0.4, 0.5) is 0 Å². The molecule has 8 atom stereocenters. The molecule has 4 aliphatic rings. The maximum Gasteiger partial charge on any atom is 0.0543 e. The third kappa shape index (κ3) is 3.34. The Kier molecular flexibility index (Phi) is 5.62. The highest BCUT2D eigenvalue weighted by Gasteiger charge is 2.58. The molecule has 0 heterocycles. The van der Waals surface area contributed by atoms with Gasteiger partial charge >= 0.3 is 0 Å². The van der Waals surface area contributed by atoms with Crippen LogP contribution in [-0.2, 0) is 0 Å². The van der Waals surface area contributed by atoms with Crippen molar-refractivity contribution in [3.8, 4) is 0 Å². The lowest BCUT2D eigenvalue weighted by molar-refractivity contribution is -0.0426. The van der Waals surface area contributed by atoms with Crippen molar-refractivity contribution < 1.29 is 5.11 Å². The molecule has 0 aromatic heterocycles. The van der Waals surface area contributed by atoms with Crippen molar-refractivity contribution in [2.75, 3.05) is 0 Å². The molecule has 0 bridgehead atoms. The van der Waals surface area contributed by atoms with E-state index in [0.29, 0.717) is 10.8 Å². The molecule has 1 N–H and O–H groups in total. The molecule has 4 aliphatic carbocycles. The first kappa shape index (κ1) is 20.7. The maximum absolute atomic E-state index is 10.2. The second-order valence-electron chi connectivity index (χ2n) is 11.7. The van der Waals surface area contributed by atoms with Gasteiger partial charge in [-0.1, -0.05) is 44.1 Å². The smallest absolute Gasteiger partial charge is 0.0543 e. The van der Waals surface area contributed by atoms with E-state index in [1.807, 2.05) is 5.57 Å². The predicted octanol–water partition coefficient (Wildman–Crippen LogP) is 7.31. The van der Waals surface area contributed by atoms with Gasteiger partial charge in [0.1, 0.15) is 0 Å². The van der Waals surface area contributed by atoms with Gasteiger partial charge in [-0.15, -0.1) is 0 Å². The molecule has 2 unspecified atom stereocenters. The summed E-state index contributed by atoms with van der Waals surface area (Å²) in [6.07, 6.45) is 17.9. The summed E-state index contributed by atoms with van der Waals surface area (Å²) in [4.78, 5) is 0. The van der Waals surface area contributed by atoms with Crippen LogP contribution in [-0.4, -0.2) is 11.2 Å². The van der Waals surface area contributed by atoms with Crippen LogP contribution < -0.4 is 0 Å². The highest BCUT2D eigenvalue weighted by atomic mass is 16.3. The minimum Gasteiger partial charge on any atom is -0.393 e. The summed E-state index contributed by atoms with van der Waals surface area (Å²) in [5, 5.41) is 10.2. The summed E-state index contributed by atoms with van der Waals surface area (Å²) in [5.41, 5.74) is 4.32. The predicted molar refractivity (Wildman–Crippen MR) is 119 cm³/mol. The highest BCUT2D eigenvalue weighted by molar-refractivity contribution is 5.27. The Balaban J connectivity index is 1.52. The number of hydrogen-bond donors (Lipinski definition) is 1. The van der Waals surface area contributed by atoms with E-state index < -0.39 is 0 Å². The van der Waals surface area contributed by atoms with Crippen LogP contribution in [0.1, 0.15) is 98.8 Å². The van der Waals surface area contributed by atoms with Crippen molar-refractivity contribution >= 4 is 0 Å². The summed E-state index contributed by atoms with van der Waals surface area (Å²) in [7, 11) is 0. The molecule has 4 rings (SSSR count). The Labute approximate surface area is 174 Å². The lowest BCUT2D eigenvalue weighted by atomic mass is 9.47. The quantitative estimate of drug-likeness (QED) is 0.504. The zero-order valence-corrected chi connectivity index (χ0v) is 19.1. The van der Waals surface area contributed by atoms with E-state index in [2.05, 4.69) is 46.8 Å². The van der Waals surface area contributed by atoms with Gasteiger partial charge < -0.3 is 5.11 Å². The molecular weight excluding hydrogens is 340 g/mol. The number of aliphatic hydroxyl groups is 1. The molecular formula is C27H44O. The molecule has 1 nitrogen and oxygen atoms in total. The van der Waals surface area contributed by atoms with Crippen molar-refractivity contribution in [1.82, 2.24) is 0 Å². The second-order valence-corrected chi connectivity index (χ2v) is 11.7. The van der Waals surface area contributed by atoms with Crippen LogP contribution in [0.25, 0.3) is 0 Å². The number of rotatable bonds is 4. The van der Waals surface area contributed by atoms with Gasteiger partial charge in [0.25, 0.3) is 0 Å². The van der Waals surface area contributed by atoms with Gasteiger partial charge in [0.15, 0.2) is 0 Å². The van der Waals surface area contributed by atoms with Gasteiger partial charge in [-0.2, -0.15) is 0 Å². The standard InChI is InChI=1S/C27H44O/c1-18(2)7-6-8-19(3)23-11-12-24-22-10-9-20-17-21(28)13-15-26(20,4)25(22)14-16-27(23,24)5/h7,10,19-21,23-25,28H,6,8-9,11-17H2,1-5H3/t19?,20-,21+,23-,24-,25?,26+,27-/m1/s1. The molecule has 3 fully saturated rings. The largest absolute Gasteiger partial charge is 0.393 e. The van der Waals surface area contributed by atoms with E-state index in [1.165, 1.54) is 56.9 Å². The number of aliphatic hydroxyl groups excluding tert-OH is 1. The molecule has 0 amide bonds. The van der Waals surface area contributed by atoms with Gasteiger partial charge in [0.2, 0.25) is 0 Å². The van der Waals surface area contributed by atoms with Crippen molar-refractivity contribution in [2.45, 2.75) is 105 Å². The van der Waals surface area contributed by atoms with Crippen LogP contribution in [0.5, 0.6) is 0 Å². The first-order chi connectivity index (χ1) is 13.3. The van der Waals surface area contributed by atoms with Gasteiger partial charge in [0, 0.05) is 0 Å². The van der Waals surface area contributed by atoms with E-state index in [9.17, 15) is 5.11 Å². The molecule has 3 saturated carbocycles. The van der Waals surface area contributed by atoms with E-state index >= 15 is 0 Å². The fourth-order valence-electron chi connectivity index (χ4n) is 8.30. The lowest BCUT2D eigenvalue weighted by Gasteiger charge is -2.57. The third-order valence-electron chi connectivity index (χ3n) is 9.99. The van der Waals surface area contributed by atoms with Crippen molar-refractivity contribution in [3.63, 3.8) is 0 Å². The topological polar surface area (TPSA) is 20.2 Å². The zero-order chi connectivity index (χ0) is 20.1. The first-order valence-corrected chi connectivity index (χ1v) is 12.3. The lowest BCUT2D eigenvalue weighted by Crippen LogP contribution is -2.49. The highest BCUT2D eigenvalue weighted by Crippen LogP contribution is 2.66. The summed E-state index contributed by atoms with van der Waals surface area (Å²) < 4.78 is 0. The average Bonchev–Trinajstić information content (AvgIpc) is 2.99. The van der Waals surface area contributed by atoms with Gasteiger partial charge in [-0.25, -0.2) is 0 Å². The fourth-order valence-corrected chi connectivity index (χ4v) is 8.30. The Morgan fingerprint density at radius 1 is 1.11 bits per heavy atom. The molecule has 0 radical (unpaired) electrons. The number of fused-ring (bicyclic) bond motifs is 5. The van der Waals surface area contributed by atoms with E-state index in [0.717, 1.165) is 42.4 Å².